The van der Waals surface area contributed by atoms with Crippen LogP contribution in [0.4, 0.5) is 0 Å². The molecule has 2 aromatic heterocycles. The molecule has 0 aliphatic rings. The van der Waals surface area contributed by atoms with Gasteiger partial charge in [-0.25, -0.2) is 9.59 Å². The molecule has 2 heterocycles. The van der Waals surface area contributed by atoms with Crippen LogP contribution in [0.25, 0.3) is 56.3 Å². The number of fused-ring (bicyclic) bond motifs is 2. The number of ether oxygens (including phenoxy) is 2. The summed E-state index contributed by atoms with van der Waals surface area (Å²) >= 11 is 0. The third kappa shape index (κ3) is 6.95. The van der Waals surface area contributed by atoms with Gasteiger partial charge in [-0.3, -0.25) is 9.59 Å². The summed E-state index contributed by atoms with van der Waals surface area (Å²) in [4.78, 5) is 50.9. The first-order valence-corrected chi connectivity index (χ1v) is 15.5. The van der Waals surface area contributed by atoms with Gasteiger partial charge in [0.15, 0.2) is 10.9 Å². The second kappa shape index (κ2) is 14.0. The van der Waals surface area contributed by atoms with E-state index in [4.69, 9.17) is 18.3 Å². The van der Waals surface area contributed by atoms with Crippen molar-refractivity contribution in [3.05, 3.63) is 178 Å². The summed E-state index contributed by atoms with van der Waals surface area (Å²) in [7, 11) is 0. The molecule has 8 nitrogen and oxygen atoms in total. The number of esters is 2. The summed E-state index contributed by atoms with van der Waals surface area (Å²) in [6.45, 7) is 0. The lowest BCUT2D eigenvalue weighted by molar-refractivity contribution is -0.129. The Kier molecular flexibility index (Phi) is 8.81. The van der Waals surface area contributed by atoms with Crippen LogP contribution in [0.5, 0.6) is 11.5 Å². The molecular formula is C42H26O8. The van der Waals surface area contributed by atoms with Gasteiger partial charge in [0.05, 0.1) is 21.9 Å². The second-order valence-electron chi connectivity index (χ2n) is 11.2. The van der Waals surface area contributed by atoms with Gasteiger partial charge >= 0.3 is 11.9 Å². The van der Waals surface area contributed by atoms with Crippen LogP contribution in [0.1, 0.15) is 11.1 Å². The molecular weight excluding hydrogens is 632 g/mol. The van der Waals surface area contributed by atoms with E-state index < -0.39 is 11.9 Å². The minimum atomic E-state index is -0.607. The number of benzene rings is 5. The van der Waals surface area contributed by atoms with Crippen molar-refractivity contribution in [3.8, 4) is 33.8 Å². The Labute approximate surface area is 284 Å². The van der Waals surface area contributed by atoms with Gasteiger partial charge in [-0.05, 0) is 58.7 Å². The molecule has 0 saturated carbocycles. The van der Waals surface area contributed by atoms with E-state index in [9.17, 15) is 19.2 Å². The summed E-state index contributed by atoms with van der Waals surface area (Å²) in [6.07, 6.45) is 8.57. The predicted molar refractivity (Wildman–Crippen MR) is 192 cm³/mol. The highest BCUT2D eigenvalue weighted by Crippen LogP contribution is 2.25. The maximum Gasteiger partial charge on any atom is 0.336 e. The monoisotopic (exact) mass is 658 g/mol. The minimum absolute atomic E-state index is 0.176. The molecule has 0 spiro atoms. The van der Waals surface area contributed by atoms with Crippen molar-refractivity contribution >= 4 is 46.0 Å². The summed E-state index contributed by atoms with van der Waals surface area (Å²) < 4.78 is 22.2. The van der Waals surface area contributed by atoms with Crippen LogP contribution >= 0.6 is 0 Å². The van der Waals surface area contributed by atoms with Gasteiger partial charge in [0, 0.05) is 24.3 Å². The van der Waals surface area contributed by atoms with Crippen LogP contribution in [0.3, 0.4) is 0 Å². The molecule has 0 aliphatic heterocycles. The Hall–Kier alpha value is -7.06. The smallest absolute Gasteiger partial charge is 0.336 e. The molecule has 0 amide bonds. The van der Waals surface area contributed by atoms with Crippen LogP contribution in [0.2, 0.25) is 0 Å². The second-order valence-corrected chi connectivity index (χ2v) is 11.2. The summed E-state index contributed by atoms with van der Waals surface area (Å²) in [6, 6.07) is 34.8. The van der Waals surface area contributed by atoms with Gasteiger partial charge in [-0.1, -0.05) is 84.9 Å². The van der Waals surface area contributed by atoms with Crippen molar-refractivity contribution in [1.29, 1.82) is 0 Å². The highest BCUT2D eigenvalue weighted by Gasteiger charge is 2.12. The molecule has 0 radical (unpaired) electrons. The quantitative estimate of drug-likeness (QED) is 0.0908. The van der Waals surface area contributed by atoms with E-state index in [0.717, 1.165) is 22.3 Å². The van der Waals surface area contributed by atoms with Crippen molar-refractivity contribution in [3.63, 3.8) is 0 Å². The van der Waals surface area contributed by atoms with E-state index >= 15 is 0 Å². The number of carbonyl (C=O) groups is 2. The molecule has 0 bridgehead atoms. The third-order valence-electron chi connectivity index (χ3n) is 7.86. The van der Waals surface area contributed by atoms with Gasteiger partial charge in [-0.15, -0.1) is 0 Å². The lowest BCUT2D eigenvalue weighted by atomic mass is 10.1. The van der Waals surface area contributed by atoms with Crippen LogP contribution in [-0.4, -0.2) is 11.9 Å². The number of rotatable bonds is 8. The van der Waals surface area contributed by atoms with Crippen molar-refractivity contribution in [2.75, 3.05) is 0 Å². The van der Waals surface area contributed by atoms with Gasteiger partial charge in [0.2, 0.25) is 0 Å². The number of hydrogen-bond acceptors (Lipinski definition) is 8. The normalized spacial score (nSPS) is 11.4. The fraction of sp³-hybridized carbons (Fsp3) is 0. The standard InChI is InChI=1S/C42H26O8/c43-39(49-31-17-19-33-37(23-31)47-25-35(41(33)45)29-7-3-1-4-8-29)21-15-27-11-13-28(14-12-27)16-22-40(44)50-32-18-20-34-38(24-32)48-26-36(42(34)46)30-9-5-2-6-10-30/h1-26H/b21-15+,22-16+. The maximum atomic E-state index is 13.0. The van der Waals surface area contributed by atoms with Crippen molar-refractivity contribution in [2.45, 2.75) is 0 Å². The lowest BCUT2D eigenvalue weighted by Crippen LogP contribution is -2.06. The van der Waals surface area contributed by atoms with Gasteiger partial charge in [0.1, 0.15) is 35.2 Å². The molecule has 242 valence electrons. The van der Waals surface area contributed by atoms with E-state index in [1.165, 1.54) is 36.8 Å². The topological polar surface area (TPSA) is 113 Å². The summed E-state index contributed by atoms with van der Waals surface area (Å²) in [5.74, 6) is -0.742. The van der Waals surface area contributed by atoms with E-state index in [2.05, 4.69) is 0 Å². The Bertz CT molecular complexity index is 2360. The fourth-order valence-corrected chi connectivity index (χ4v) is 5.33. The first kappa shape index (κ1) is 31.5. The van der Waals surface area contributed by atoms with Crippen molar-refractivity contribution < 1.29 is 27.9 Å². The highest BCUT2D eigenvalue weighted by atomic mass is 16.5. The van der Waals surface area contributed by atoms with Gasteiger partial charge in [0.25, 0.3) is 0 Å². The average Bonchev–Trinajstić information content (AvgIpc) is 3.14. The molecule has 0 aliphatic carbocycles. The predicted octanol–water partition coefficient (Wildman–Crippen LogP) is 8.47. The maximum absolute atomic E-state index is 13.0. The molecule has 0 atom stereocenters. The molecule has 7 aromatic rings. The Morgan fingerprint density at radius 3 is 1.30 bits per heavy atom. The fourth-order valence-electron chi connectivity index (χ4n) is 5.33. The molecule has 7 rings (SSSR count). The Morgan fingerprint density at radius 2 is 0.900 bits per heavy atom. The first-order valence-electron chi connectivity index (χ1n) is 15.5. The lowest BCUT2D eigenvalue weighted by Gasteiger charge is -2.05. The molecule has 0 N–H and O–H groups in total. The van der Waals surface area contributed by atoms with Crippen LogP contribution in [0.15, 0.2) is 164 Å². The van der Waals surface area contributed by atoms with Crippen molar-refractivity contribution in [1.82, 2.24) is 0 Å². The highest BCUT2D eigenvalue weighted by molar-refractivity contribution is 5.91. The zero-order valence-electron chi connectivity index (χ0n) is 26.3. The Morgan fingerprint density at radius 1 is 0.500 bits per heavy atom. The van der Waals surface area contributed by atoms with Crippen LogP contribution in [0, 0.1) is 0 Å². The largest absolute Gasteiger partial charge is 0.463 e. The Balaban J connectivity index is 0.947. The van der Waals surface area contributed by atoms with E-state index in [0.29, 0.717) is 33.1 Å². The molecule has 0 unspecified atom stereocenters. The molecule has 50 heavy (non-hydrogen) atoms. The van der Waals surface area contributed by atoms with E-state index in [1.807, 2.05) is 60.7 Å². The third-order valence-corrected chi connectivity index (χ3v) is 7.86. The van der Waals surface area contributed by atoms with Gasteiger partial charge < -0.3 is 18.3 Å². The zero-order chi connectivity index (χ0) is 34.5. The number of carbonyl (C=O) groups excluding carboxylic acids is 2. The van der Waals surface area contributed by atoms with Crippen LogP contribution in [-0.2, 0) is 9.59 Å². The first-order chi connectivity index (χ1) is 24.4. The van der Waals surface area contributed by atoms with Crippen molar-refractivity contribution in [2.24, 2.45) is 0 Å². The van der Waals surface area contributed by atoms with E-state index in [1.54, 1.807) is 60.7 Å². The molecule has 0 fully saturated rings. The SMILES string of the molecule is O=C(/C=C/c1ccc(/C=C/C(=O)Oc2ccc3c(=O)c(-c4ccccc4)coc3c2)cc1)Oc1ccc2c(=O)c(-c3ccccc3)coc2c1. The minimum Gasteiger partial charge on any atom is -0.463 e. The van der Waals surface area contributed by atoms with Crippen LogP contribution < -0.4 is 20.3 Å². The van der Waals surface area contributed by atoms with E-state index in [-0.39, 0.29) is 22.4 Å². The number of hydrogen-bond donors (Lipinski definition) is 0. The zero-order valence-corrected chi connectivity index (χ0v) is 26.3. The van der Waals surface area contributed by atoms with Gasteiger partial charge in [-0.2, -0.15) is 0 Å². The molecule has 8 heteroatoms. The summed E-state index contributed by atoms with van der Waals surface area (Å²) in [5, 5.41) is 0.760. The molecule has 5 aromatic carbocycles. The average molecular weight is 659 g/mol. The molecule has 0 saturated heterocycles. The summed E-state index contributed by atoms with van der Waals surface area (Å²) in [5.41, 5.74) is 4.12.